The molecule has 5 aromatic heterocycles. The number of hydrogen-bond donors (Lipinski definition) is 5. The molecule has 6 heterocycles. The summed E-state index contributed by atoms with van der Waals surface area (Å²) in [6.07, 6.45) is 0. The van der Waals surface area contributed by atoms with Gasteiger partial charge >= 0.3 is 0 Å². The highest BCUT2D eigenvalue weighted by Crippen LogP contribution is 2.15. The van der Waals surface area contributed by atoms with Gasteiger partial charge in [-0.3, -0.25) is 20.1 Å². The van der Waals surface area contributed by atoms with E-state index < -0.39 is 0 Å². The minimum Gasteiger partial charge on any atom is -0.295 e. The maximum absolute atomic E-state index is 8.07. The van der Waals surface area contributed by atoms with E-state index in [1.165, 1.54) is 0 Å². The molecule has 230 valence electrons. The van der Waals surface area contributed by atoms with Crippen molar-refractivity contribution in [1.29, 1.82) is 10.9 Å². The Bertz CT molecular complexity index is 1600. The highest BCUT2D eigenvalue weighted by Gasteiger charge is 2.19. The van der Waals surface area contributed by atoms with Crippen molar-refractivity contribution in [1.82, 2.24) is 76.3 Å². The van der Waals surface area contributed by atoms with Crippen molar-refractivity contribution in [3.05, 3.63) is 77.4 Å². The molecule has 0 spiro atoms. The quantitative estimate of drug-likeness (QED) is 0.0643. The van der Waals surface area contributed by atoms with E-state index in [2.05, 4.69) is 71.6 Å². The van der Waals surface area contributed by atoms with E-state index in [0.29, 0.717) is 48.4 Å². The SMILES string of the molecule is N=NNC(=N)c1cccc(CN2CCN(Cc3cccc(-c4nnn[nH]4)n3)CCN(Cc3cccc(-c4nnn[nH]4)n3)CC2)n1. The fourth-order valence-electron chi connectivity index (χ4n) is 5.10. The molecule has 1 aliphatic rings. The van der Waals surface area contributed by atoms with Crippen molar-refractivity contribution in [2.45, 2.75) is 19.6 Å². The molecule has 0 amide bonds. The molecule has 0 aliphatic carbocycles. The normalized spacial score (nSPS) is 15.2. The van der Waals surface area contributed by atoms with Gasteiger partial charge in [0.1, 0.15) is 17.1 Å². The first-order valence-electron chi connectivity index (χ1n) is 14.4. The number of rotatable bonds is 10. The second-order valence-electron chi connectivity index (χ2n) is 10.5. The number of H-pyrrole nitrogens is 2. The molecule has 0 bridgehead atoms. The van der Waals surface area contributed by atoms with Crippen LogP contribution in [0.3, 0.4) is 0 Å². The lowest BCUT2D eigenvalue weighted by Gasteiger charge is -2.25. The van der Waals surface area contributed by atoms with E-state index in [4.69, 9.17) is 20.9 Å². The Hall–Kier alpha value is -5.46. The summed E-state index contributed by atoms with van der Waals surface area (Å²) in [5, 5.41) is 39.4. The highest BCUT2D eigenvalue weighted by molar-refractivity contribution is 5.94. The van der Waals surface area contributed by atoms with Crippen molar-refractivity contribution in [2.75, 3.05) is 39.3 Å². The molecule has 18 heteroatoms. The molecule has 1 aliphatic heterocycles. The summed E-state index contributed by atoms with van der Waals surface area (Å²) < 4.78 is 0. The molecule has 1 saturated heterocycles. The fraction of sp³-hybridized carbons (Fsp3) is 0.333. The lowest BCUT2D eigenvalue weighted by molar-refractivity contribution is 0.207. The largest absolute Gasteiger partial charge is 0.295 e. The maximum atomic E-state index is 8.07. The van der Waals surface area contributed by atoms with E-state index in [-0.39, 0.29) is 5.84 Å². The lowest BCUT2D eigenvalue weighted by Crippen LogP contribution is -2.36. The monoisotopic (exact) mass is 608 g/mol. The van der Waals surface area contributed by atoms with Crippen LogP contribution in [-0.2, 0) is 19.6 Å². The minimum absolute atomic E-state index is 0.0136. The van der Waals surface area contributed by atoms with Crippen LogP contribution in [0.2, 0.25) is 0 Å². The zero-order valence-corrected chi connectivity index (χ0v) is 24.4. The Morgan fingerprint density at radius 2 is 1.11 bits per heavy atom. The number of aromatic amines is 2. The molecule has 0 radical (unpaired) electrons. The van der Waals surface area contributed by atoms with Crippen LogP contribution < -0.4 is 5.43 Å². The average molecular weight is 609 g/mol. The Morgan fingerprint density at radius 3 is 1.53 bits per heavy atom. The number of amidine groups is 1. The van der Waals surface area contributed by atoms with Gasteiger partial charge in [-0.1, -0.05) is 23.4 Å². The van der Waals surface area contributed by atoms with E-state index in [0.717, 1.165) is 56.4 Å². The molecule has 1 fully saturated rings. The fourth-order valence-corrected chi connectivity index (χ4v) is 5.10. The molecule has 5 N–H and O–H groups in total. The Labute approximate surface area is 257 Å². The highest BCUT2D eigenvalue weighted by atomic mass is 15.5. The molecule has 5 aromatic rings. The summed E-state index contributed by atoms with van der Waals surface area (Å²) in [5.74, 6) is 1.05. The van der Waals surface area contributed by atoms with E-state index >= 15 is 0 Å². The van der Waals surface area contributed by atoms with Crippen LogP contribution >= 0.6 is 0 Å². The first-order valence-corrected chi connectivity index (χ1v) is 14.4. The van der Waals surface area contributed by atoms with Crippen LogP contribution in [-0.4, -0.2) is 116 Å². The van der Waals surface area contributed by atoms with Crippen LogP contribution in [0.15, 0.2) is 59.8 Å². The minimum atomic E-state index is -0.0136. The van der Waals surface area contributed by atoms with Crippen molar-refractivity contribution >= 4 is 5.84 Å². The third-order valence-corrected chi connectivity index (χ3v) is 7.37. The first kappa shape index (κ1) is 29.6. The van der Waals surface area contributed by atoms with Crippen molar-refractivity contribution in [2.24, 2.45) is 5.22 Å². The zero-order chi connectivity index (χ0) is 30.8. The van der Waals surface area contributed by atoms with E-state index in [9.17, 15) is 0 Å². The second kappa shape index (κ2) is 14.3. The predicted molar refractivity (Wildman–Crippen MR) is 160 cm³/mol. The number of tetrazole rings is 2. The Balaban J connectivity index is 1.20. The van der Waals surface area contributed by atoms with Crippen LogP contribution in [0.4, 0.5) is 0 Å². The van der Waals surface area contributed by atoms with Gasteiger partial charge in [0.25, 0.3) is 0 Å². The van der Waals surface area contributed by atoms with Gasteiger partial charge in [-0.2, -0.15) is 5.53 Å². The molecule has 18 nitrogen and oxygen atoms in total. The molecular weight excluding hydrogens is 576 g/mol. The molecule has 45 heavy (non-hydrogen) atoms. The van der Waals surface area contributed by atoms with Gasteiger partial charge in [0.15, 0.2) is 17.5 Å². The second-order valence-corrected chi connectivity index (χ2v) is 10.5. The third-order valence-electron chi connectivity index (χ3n) is 7.37. The van der Waals surface area contributed by atoms with Crippen molar-refractivity contribution in [3.63, 3.8) is 0 Å². The number of aromatic nitrogens is 11. The van der Waals surface area contributed by atoms with Crippen molar-refractivity contribution < 1.29 is 0 Å². The van der Waals surface area contributed by atoms with Gasteiger partial charge in [0.05, 0.1) is 17.1 Å². The lowest BCUT2D eigenvalue weighted by atomic mass is 10.2. The summed E-state index contributed by atoms with van der Waals surface area (Å²) in [5.41, 5.74) is 13.9. The summed E-state index contributed by atoms with van der Waals surface area (Å²) >= 11 is 0. The van der Waals surface area contributed by atoms with Crippen LogP contribution in [0.1, 0.15) is 22.8 Å². The van der Waals surface area contributed by atoms with Crippen LogP contribution in [0, 0.1) is 10.9 Å². The summed E-state index contributed by atoms with van der Waals surface area (Å²) in [7, 11) is 0. The molecule has 0 atom stereocenters. The number of nitrogens with one attached hydrogen (secondary N) is 5. The molecular formula is C27H32N18. The van der Waals surface area contributed by atoms with Gasteiger partial charge in [-0.15, -0.1) is 10.2 Å². The van der Waals surface area contributed by atoms with E-state index in [1.54, 1.807) is 6.07 Å². The summed E-state index contributed by atoms with van der Waals surface area (Å²) in [4.78, 5) is 21.4. The third kappa shape index (κ3) is 7.93. The average Bonchev–Trinajstić information content (AvgIpc) is 3.81. The van der Waals surface area contributed by atoms with Gasteiger partial charge in [0.2, 0.25) is 0 Å². The van der Waals surface area contributed by atoms with Gasteiger partial charge in [-0.05, 0) is 57.3 Å². The van der Waals surface area contributed by atoms with Gasteiger partial charge in [-0.25, -0.2) is 30.6 Å². The Kier molecular flexibility index (Phi) is 9.43. The van der Waals surface area contributed by atoms with Crippen molar-refractivity contribution in [3.8, 4) is 23.0 Å². The number of hydrogen-bond acceptors (Lipinski definition) is 15. The van der Waals surface area contributed by atoms with Crippen LogP contribution in [0.5, 0.6) is 0 Å². The molecule has 0 saturated carbocycles. The van der Waals surface area contributed by atoms with E-state index in [1.807, 2.05) is 48.5 Å². The summed E-state index contributed by atoms with van der Waals surface area (Å²) in [6, 6.07) is 17.3. The topological polar surface area (TPSA) is 229 Å². The maximum Gasteiger partial charge on any atom is 0.198 e. The predicted octanol–water partition coefficient (Wildman–Crippen LogP) is 0.913. The number of nitrogens with zero attached hydrogens (tertiary/aromatic N) is 13. The zero-order valence-electron chi connectivity index (χ0n) is 24.4. The first-order chi connectivity index (χ1) is 22.1. The smallest absolute Gasteiger partial charge is 0.198 e. The van der Waals surface area contributed by atoms with Gasteiger partial charge in [0, 0.05) is 58.9 Å². The van der Waals surface area contributed by atoms with Gasteiger partial charge < -0.3 is 0 Å². The summed E-state index contributed by atoms with van der Waals surface area (Å²) in [6.45, 7) is 6.89. The molecule has 6 rings (SSSR count). The molecule has 0 unspecified atom stereocenters. The van der Waals surface area contributed by atoms with Crippen LogP contribution in [0.25, 0.3) is 23.0 Å². The molecule has 0 aromatic carbocycles. The standard InChI is InChI=1S/C27H32N18/c28-25(33-38-29)22-7-1-4-19(30-22)16-43-10-12-44(17-20-5-2-8-23(31-20)26-34-39-40-35-26)14-15-45(13-11-43)18-21-6-3-9-24(32-21)27-36-41-42-37-27/h1-9H,10-18H2,(H3,28,29,33)(H,34,35,39,40)(H,36,37,41,42). The Morgan fingerprint density at radius 1 is 0.667 bits per heavy atom. The number of pyridine rings is 3.